The Hall–Kier alpha value is -3.29. The molecule has 3 rings (SSSR count). The third kappa shape index (κ3) is 3.47. The average Bonchev–Trinajstić information content (AvgIpc) is 3.06. The van der Waals surface area contributed by atoms with Crippen LogP contribution in [0, 0.1) is 6.92 Å². The molecular formula is C17H18N6O2. The standard InChI is InChI=1S/C17H18N6O2/c1-4-13-12(17(24)20-14-7-5-6-11(2)19-14)10-18-23(13)15-8-9-16(25-3)22-21-15/h5-10H,4H2,1-3H3,(H,19,20,24). The van der Waals surface area contributed by atoms with E-state index in [1.807, 2.05) is 26.0 Å². The number of aromatic nitrogens is 5. The van der Waals surface area contributed by atoms with Gasteiger partial charge in [-0.25, -0.2) is 9.67 Å². The largest absolute Gasteiger partial charge is 0.480 e. The second-order valence-electron chi connectivity index (χ2n) is 5.32. The minimum Gasteiger partial charge on any atom is -0.480 e. The molecule has 25 heavy (non-hydrogen) atoms. The smallest absolute Gasteiger partial charge is 0.260 e. The van der Waals surface area contributed by atoms with E-state index >= 15 is 0 Å². The number of aryl methyl sites for hydroxylation is 1. The maximum atomic E-state index is 12.6. The number of hydrogen-bond acceptors (Lipinski definition) is 6. The fourth-order valence-electron chi connectivity index (χ4n) is 2.43. The van der Waals surface area contributed by atoms with E-state index in [1.165, 1.54) is 13.3 Å². The van der Waals surface area contributed by atoms with E-state index in [9.17, 15) is 4.79 Å². The summed E-state index contributed by atoms with van der Waals surface area (Å²) in [5.74, 6) is 1.18. The summed E-state index contributed by atoms with van der Waals surface area (Å²) in [5.41, 5.74) is 2.05. The Kier molecular flexibility index (Phi) is 4.69. The molecule has 0 bridgehead atoms. The molecular weight excluding hydrogens is 320 g/mol. The molecule has 3 heterocycles. The van der Waals surface area contributed by atoms with E-state index in [1.54, 1.807) is 22.9 Å². The number of methoxy groups -OCH3 is 1. The fraction of sp³-hybridized carbons (Fsp3) is 0.235. The van der Waals surface area contributed by atoms with E-state index in [-0.39, 0.29) is 5.91 Å². The van der Waals surface area contributed by atoms with Gasteiger partial charge in [0.1, 0.15) is 5.82 Å². The molecule has 8 heteroatoms. The molecule has 0 saturated carbocycles. The van der Waals surface area contributed by atoms with Gasteiger partial charge in [-0.05, 0) is 31.5 Å². The zero-order valence-electron chi connectivity index (χ0n) is 14.2. The first-order valence-corrected chi connectivity index (χ1v) is 7.82. The van der Waals surface area contributed by atoms with Crippen LogP contribution < -0.4 is 10.1 Å². The van der Waals surface area contributed by atoms with Gasteiger partial charge >= 0.3 is 0 Å². The minimum absolute atomic E-state index is 0.261. The molecule has 0 fully saturated rings. The van der Waals surface area contributed by atoms with Gasteiger partial charge in [0.15, 0.2) is 5.82 Å². The fourth-order valence-corrected chi connectivity index (χ4v) is 2.43. The lowest BCUT2D eigenvalue weighted by Crippen LogP contribution is -2.15. The summed E-state index contributed by atoms with van der Waals surface area (Å²) in [6, 6.07) is 8.89. The summed E-state index contributed by atoms with van der Waals surface area (Å²) in [7, 11) is 1.52. The van der Waals surface area contributed by atoms with Crippen molar-refractivity contribution in [3.8, 4) is 11.7 Å². The predicted molar refractivity (Wildman–Crippen MR) is 92.0 cm³/mol. The van der Waals surface area contributed by atoms with Gasteiger partial charge in [-0.2, -0.15) is 5.10 Å². The zero-order chi connectivity index (χ0) is 17.8. The molecule has 1 N–H and O–H groups in total. The number of pyridine rings is 1. The molecule has 0 unspecified atom stereocenters. The third-order valence-electron chi connectivity index (χ3n) is 3.63. The van der Waals surface area contributed by atoms with E-state index in [0.29, 0.717) is 29.5 Å². The number of anilines is 1. The van der Waals surface area contributed by atoms with Gasteiger partial charge in [0.05, 0.1) is 24.6 Å². The van der Waals surface area contributed by atoms with E-state index in [4.69, 9.17) is 4.74 Å². The number of ether oxygens (including phenoxy) is 1. The molecule has 3 aromatic rings. The third-order valence-corrected chi connectivity index (χ3v) is 3.63. The highest BCUT2D eigenvalue weighted by atomic mass is 16.5. The Morgan fingerprint density at radius 1 is 1.24 bits per heavy atom. The van der Waals surface area contributed by atoms with E-state index in [0.717, 1.165) is 11.4 Å². The molecule has 0 atom stereocenters. The number of carbonyl (C=O) groups excluding carboxylic acids is 1. The van der Waals surface area contributed by atoms with Crippen LogP contribution in [0.15, 0.2) is 36.5 Å². The Bertz CT molecular complexity index is 888. The maximum Gasteiger partial charge on any atom is 0.260 e. The molecule has 3 aromatic heterocycles. The van der Waals surface area contributed by atoms with Crippen LogP contribution in [0.4, 0.5) is 5.82 Å². The van der Waals surface area contributed by atoms with Crippen molar-refractivity contribution in [3.05, 3.63) is 53.5 Å². The zero-order valence-corrected chi connectivity index (χ0v) is 14.2. The number of hydrogen-bond donors (Lipinski definition) is 1. The normalized spacial score (nSPS) is 10.5. The van der Waals surface area contributed by atoms with E-state index < -0.39 is 0 Å². The second-order valence-corrected chi connectivity index (χ2v) is 5.32. The number of amides is 1. The highest BCUT2D eigenvalue weighted by molar-refractivity contribution is 6.04. The van der Waals surface area contributed by atoms with Crippen LogP contribution in [0.5, 0.6) is 5.88 Å². The summed E-state index contributed by atoms with van der Waals surface area (Å²) in [4.78, 5) is 16.9. The molecule has 0 radical (unpaired) electrons. The van der Waals surface area contributed by atoms with Crippen molar-refractivity contribution < 1.29 is 9.53 Å². The van der Waals surface area contributed by atoms with Crippen molar-refractivity contribution in [2.75, 3.05) is 12.4 Å². The van der Waals surface area contributed by atoms with Gasteiger partial charge in [0.25, 0.3) is 5.91 Å². The first kappa shape index (κ1) is 16.6. The summed E-state index contributed by atoms with van der Waals surface area (Å²) in [6.07, 6.45) is 2.13. The first-order valence-electron chi connectivity index (χ1n) is 7.82. The van der Waals surface area contributed by atoms with Crippen molar-refractivity contribution in [1.82, 2.24) is 25.0 Å². The van der Waals surface area contributed by atoms with Crippen LogP contribution in [-0.4, -0.2) is 38.0 Å². The summed E-state index contributed by atoms with van der Waals surface area (Å²) >= 11 is 0. The Morgan fingerprint density at radius 2 is 2.08 bits per heavy atom. The molecule has 128 valence electrons. The van der Waals surface area contributed by atoms with Gasteiger partial charge in [-0.1, -0.05) is 13.0 Å². The number of carbonyl (C=O) groups is 1. The van der Waals surface area contributed by atoms with Gasteiger partial charge in [-0.3, -0.25) is 4.79 Å². The van der Waals surface area contributed by atoms with Crippen LogP contribution in [0.3, 0.4) is 0 Å². The number of nitrogens with zero attached hydrogens (tertiary/aromatic N) is 5. The first-order chi connectivity index (χ1) is 12.1. The second kappa shape index (κ2) is 7.08. The van der Waals surface area contributed by atoms with Crippen LogP contribution in [0.2, 0.25) is 0 Å². The van der Waals surface area contributed by atoms with Crippen molar-refractivity contribution in [2.24, 2.45) is 0 Å². The quantitative estimate of drug-likeness (QED) is 0.766. The lowest BCUT2D eigenvalue weighted by Gasteiger charge is -2.08. The van der Waals surface area contributed by atoms with Gasteiger partial charge in [0, 0.05) is 11.8 Å². The Labute approximate surface area is 144 Å². The monoisotopic (exact) mass is 338 g/mol. The van der Waals surface area contributed by atoms with Gasteiger partial charge in [-0.15, -0.1) is 10.2 Å². The van der Waals surface area contributed by atoms with Crippen molar-refractivity contribution >= 4 is 11.7 Å². The van der Waals surface area contributed by atoms with Crippen molar-refractivity contribution in [2.45, 2.75) is 20.3 Å². The number of nitrogens with one attached hydrogen (secondary N) is 1. The molecule has 0 saturated heterocycles. The highest BCUT2D eigenvalue weighted by Gasteiger charge is 2.18. The van der Waals surface area contributed by atoms with Crippen molar-refractivity contribution in [1.29, 1.82) is 0 Å². The summed E-state index contributed by atoms with van der Waals surface area (Å²) in [6.45, 7) is 3.82. The molecule has 8 nitrogen and oxygen atoms in total. The summed E-state index contributed by atoms with van der Waals surface area (Å²) < 4.78 is 6.61. The van der Waals surface area contributed by atoms with Crippen LogP contribution in [0.1, 0.15) is 28.7 Å². The lowest BCUT2D eigenvalue weighted by molar-refractivity contribution is 0.102. The molecule has 0 spiro atoms. The highest BCUT2D eigenvalue weighted by Crippen LogP contribution is 2.17. The average molecular weight is 338 g/mol. The maximum absolute atomic E-state index is 12.6. The van der Waals surface area contributed by atoms with Crippen LogP contribution >= 0.6 is 0 Å². The minimum atomic E-state index is -0.261. The molecule has 0 aliphatic carbocycles. The van der Waals surface area contributed by atoms with Crippen LogP contribution in [0.25, 0.3) is 5.82 Å². The predicted octanol–water partition coefficient (Wildman–Crippen LogP) is 2.19. The Balaban J connectivity index is 1.89. The van der Waals surface area contributed by atoms with Gasteiger partial charge < -0.3 is 10.1 Å². The SMILES string of the molecule is CCc1c(C(=O)Nc2cccc(C)n2)cnn1-c1ccc(OC)nn1. The van der Waals surface area contributed by atoms with Crippen molar-refractivity contribution in [3.63, 3.8) is 0 Å². The lowest BCUT2D eigenvalue weighted by atomic mass is 10.2. The Morgan fingerprint density at radius 3 is 2.72 bits per heavy atom. The topological polar surface area (TPSA) is 94.8 Å². The van der Waals surface area contributed by atoms with Gasteiger partial charge in [0.2, 0.25) is 5.88 Å². The van der Waals surface area contributed by atoms with E-state index in [2.05, 4.69) is 25.6 Å². The van der Waals surface area contributed by atoms with Crippen LogP contribution in [-0.2, 0) is 6.42 Å². The molecule has 1 amide bonds. The molecule has 0 aliphatic rings. The molecule has 0 aliphatic heterocycles. The summed E-state index contributed by atoms with van der Waals surface area (Å²) in [5, 5.41) is 15.1. The number of rotatable bonds is 5. The molecule has 0 aromatic carbocycles.